The van der Waals surface area contributed by atoms with Gasteiger partial charge < -0.3 is 0 Å². The minimum absolute atomic E-state index is 0.254. The quantitative estimate of drug-likeness (QED) is 0.577. The van der Waals surface area contributed by atoms with Gasteiger partial charge in [0.1, 0.15) is 0 Å². The fourth-order valence-electron chi connectivity index (χ4n) is 1.95. The molecule has 0 aliphatic heterocycles. The Morgan fingerprint density at radius 1 is 0.611 bits per heavy atom. The maximum Gasteiger partial charge on any atom is 0.0714 e. The maximum atomic E-state index is 5.79. The Labute approximate surface area is 123 Å². The number of benzene rings is 2. The van der Waals surface area contributed by atoms with Gasteiger partial charge >= 0.3 is 0 Å². The molecule has 0 radical (unpaired) electrons. The predicted molar refractivity (Wildman–Crippen MR) is 89.7 cm³/mol. The molecule has 94 valence electrons. The first-order valence-corrected chi connectivity index (χ1v) is 10.6. The van der Waals surface area contributed by atoms with E-state index < -0.39 is 0 Å². The van der Waals surface area contributed by atoms with E-state index in [0.717, 1.165) is 11.0 Å². The summed E-state index contributed by atoms with van der Waals surface area (Å²) in [5.41, 5.74) is 4.19. The zero-order valence-electron chi connectivity index (χ0n) is 10.2. The molecule has 0 fully saturated rings. The predicted octanol–water partition coefficient (Wildman–Crippen LogP) is 1.33. The molecule has 0 heterocycles. The van der Waals surface area contributed by atoms with Gasteiger partial charge in [-0.1, -0.05) is 58.9 Å². The molecule has 0 spiro atoms. The smallest absolute Gasteiger partial charge is 0.0714 e. The minimum atomic E-state index is -0.254. The third kappa shape index (κ3) is 3.72. The zero-order chi connectivity index (χ0) is 12.8. The molecule has 0 atom stereocenters. The second-order valence-corrected chi connectivity index (χ2v) is 9.93. The van der Waals surface area contributed by atoms with Crippen LogP contribution < -0.4 is 10.4 Å². The first kappa shape index (κ1) is 13.9. The van der Waals surface area contributed by atoms with E-state index in [1.165, 1.54) is 21.5 Å². The second-order valence-electron chi connectivity index (χ2n) is 4.27. The van der Waals surface area contributed by atoms with Crippen LogP contribution in [0.5, 0.6) is 0 Å². The Kier molecular flexibility index (Phi) is 5.51. The Hall–Kier alpha value is -0.546. The standard InChI is InChI=1S/C14H16Cl2Si2/c15-9-17-13-5-1-11(2-6-13)12-3-7-14(8-4-12)18-10-16/h1-8H,9-10,17-18H2. The average Bonchev–Trinajstić information content (AvgIpc) is 2.41. The molecule has 0 aliphatic carbocycles. The van der Waals surface area contributed by atoms with E-state index in [0.29, 0.717) is 0 Å². The molecule has 0 saturated carbocycles. The molecule has 2 aromatic rings. The fraction of sp³-hybridized carbons (Fsp3) is 0.143. The van der Waals surface area contributed by atoms with Crippen LogP contribution in [0.15, 0.2) is 48.5 Å². The molecule has 2 aromatic carbocycles. The number of hydrogen-bond donors (Lipinski definition) is 0. The molecule has 0 nitrogen and oxygen atoms in total. The first-order valence-electron chi connectivity index (χ1n) is 6.13. The van der Waals surface area contributed by atoms with Crippen molar-refractivity contribution in [1.82, 2.24) is 0 Å². The van der Waals surface area contributed by atoms with Crippen molar-refractivity contribution in [1.29, 1.82) is 0 Å². The summed E-state index contributed by atoms with van der Waals surface area (Å²) in [6.45, 7) is 0. The lowest BCUT2D eigenvalue weighted by molar-refractivity contribution is 1.65. The zero-order valence-corrected chi connectivity index (χ0v) is 14.5. The first-order chi connectivity index (χ1) is 8.83. The third-order valence-electron chi connectivity index (χ3n) is 3.01. The fourth-order valence-corrected chi connectivity index (χ4v) is 4.83. The van der Waals surface area contributed by atoms with Crippen molar-refractivity contribution in [3.05, 3.63) is 48.5 Å². The highest BCUT2D eigenvalue weighted by Gasteiger charge is 1.99. The highest BCUT2D eigenvalue weighted by molar-refractivity contribution is 6.62. The lowest BCUT2D eigenvalue weighted by atomic mass is 10.1. The molecule has 0 aromatic heterocycles. The molecule has 0 saturated heterocycles. The summed E-state index contributed by atoms with van der Waals surface area (Å²) in [5.74, 6) is 0. The van der Waals surface area contributed by atoms with E-state index in [4.69, 9.17) is 23.2 Å². The van der Waals surface area contributed by atoms with E-state index >= 15 is 0 Å². The van der Waals surface area contributed by atoms with Crippen molar-refractivity contribution in [3.63, 3.8) is 0 Å². The van der Waals surface area contributed by atoms with Crippen molar-refractivity contribution in [2.24, 2.45) is 0 Å². The Bertz CT molecular complexity index is 433. The summed E-state index contributed by atoms with van der Waals surface area (Å²) in [6, 6.07) is 17.6. The summed E-state index contributed by atoms with van der Waals surface area (Å²) in [5, 5.41) is 2.86. The third-order valence-corrected chi connectivity index (χ3v) is 6.62. The SMILES string of the molecule is ClC[SiH2]c1ccc(-c2ccc([SiH2]CCl)cc2)cc1. The van der Waals surface area contributed by atoms with Gasteiger partial charge in [0, 0.05) is 11.0 Å². The van der Waals surface area contributed by atoms with E-state index in [2.05, 4.69) is 48.5 Å². The molecule has 0 unspecified atom stereocenters. The van der Waals surface area contributed by atoms with Crippen LogP contribution in [0.4, 0.5) is 0 Å². The van der Waals surface area contributed by atoms with Gasteiger partial charge in [0.15, 0.2) is 0 Å². The molecule has 4 heteroatoms. The van der Waals surface area contributed by atoms with Crippen molar-refractivity contribution in [2.75, 3.05) is 11.0 Å². The molecular formula is C14H16Cl2Si2. The molecule has 0 bridgehead atoms. The number of rotatable bonds is 5. The molecule has 0 N–H and O–H groups in total. The van der Waals surface area contributed by atoms with Crippen LogP contribution in [0.25, 0.3) is 11.1 Å². The van der Waals surface area contributed by atoms with Gasteiger partial charge in [-0.2, -0.15) is 0 Å². The van der Waals surface area contributed by atoms with Gasteiger partial charge in [-0.05, 0) is 11.1 Å². The van der Waals surface area contributed by atoms with E-state index in [-0.39, 0.29) is 19.0 Å². The molecular weight excluding hydrogens is 295 g/mol. The van der Waals surface area contributed by atoms with Gasteiger partial charge in [0.25, 0.3) is 0 Å². The largest absolute Gasteiger partial charge is 0.130 e. The van der Waals surface area contributed by atoms with Crippen LogP contribution in [0.2, 0.25) is 0 Å². The molecule has 2 rings (SSSR count). The monoisotopic (exact) mass is 310 g/mol. The lowest BCUT2D eigenvalue weighted by Gasteiger charge is -2.05. The van der Waals surface area contributed by atoms with Gasteiger partial charge in [0.05, 0.1) is 19.0 Å². The van der Waals surface area contributed by atoms with Crippen LogP contribution >= 0.6 is 23.2 Å². The Morgan fingerprint density at radius 3 is 1.22 bits per heavy atom. The summed E-state index contributed by atoms with van der Waals surface area (Å²) < 4.78 is 0. The van der Waals surface area contributed by atoms with E-state index in [1.807, 2.05) is 0 Å². The topological polar surface area (TPSA) is 0 Å². The maximum absolute atomic E-state index is 5.79. The Morgan fingerprint density at radius 2 is 0.944 bits per heavy atom. The van der Waals surface area contributed by atoms with Crippen LogP contribution in [0.1, 0.15) is 0 Å². The van der Waals surface area contributed by atoms with Crippen LogP contribution in [0, 0.1) is 0 Å². The molecule has 18 heavy (non-hydrogen) atoms. The van der Waals surface area contributed by atoms with Gasteiger partial charge in [-0.25, -0.2) is 0 Å². The highest BCUT2D eigenvalue weighted by atomic mass is 35.5. The summed E-state index contributed by atoms with van der Waals surface area (Å²) in [6.07, 6.45) is 0. The molecule has 0 aliphatic rings. The lowest BCUT2D eigenvalue weighted by Crippen LogP contribution is -2.15. The van der Waals surface area contributed by atoms with E-state index in [1.54, 1.807) is 0 Å². The summed E-state index contributed by atoms with van der Waals surface area (Å²) in [7, 11) is -0.508. The number of hydrogen-bond acceptors (Lipinski definition) is 0. The van der Waals surface area contributed by atoms with Gasteiger partial charge in [-0.15, -0.1) is 23.2 Å². The highest BCUT2D eigenvalue weighted by Crippen LogP contribution is 2.16. The van der Waals surface area contributed by atoms with E-state index in [9.17, 15) is 0 Å². The minimum Gasteiger partial charge on any atom is -0.130 e. The van der Waals surface area contributed by atoms with Crippen molar-refractivity contribution in [2.45, 2.75) is 0 Å². The number of halogens is 2. The normalized spacial score (nSPS) is 11.9. The second kappa shape index (κ2) is 7.14. The number of alkyl halides is 2. The van der Waals surface area contributed by atoms with Gasteiger partial charge in [0.2, 0.25) is 0 Å². The van der Waals surface area contributed by atoms with Crippen LogP contribution in [0.3, 0.4) is 0 Å². The van der Waals surface area contributed by atoms with Crippen LogP contribution in [-0.2, 0) is 0 Å². The average molecular weight is 311 g/mol. The van der Waals surface area contributed by atoms with Crippen molar-refractivity contribution in [3.8, 4) is 11.1 Å². The van der Waals surface area contributed by atoms with Crippen molar-refractivity contribution < 1.29 is 0 Å². The Balaban J connectivity index is 2.15. The van der Waals surface area contributed by atoms with Crippen molar-refractivity contribution >= 4 is 52.6 Å². The van der Waals surface area contributed by atoms with Gasteiger partial charge in [-0.3, -0.25) is 0 Å². The van der Waals surface area contributed by atoms with Crippen LogP contribution in [-0.4, -0.2) is 30.0 Å². The summed E-state index contributed by atoms with van der Waals surface area (Å²) >= 11 is 11.6. The summed E-state index contributed by atoms with van der Waals surface area (Å²) in [4.78, 5) is 0. The molecule has 0 amide bonds.